The molecule has 4 nitrogen and oxygen atoms in total. The van der Waals surface area contributed by atoms with E-state index in [1.54, 1.807) is 0 Å². The van der Waals surface area contributed by atoms with Gasteiger partial charge in [-0.05, 0) is 30.4 Å². The van der Waals surface area contributed by atoms with Gasteiger partial charge in [-0.2, -0.15) is 0 Å². The van der Waals surface area contributed by atoms with Crippen molar-refractivity contribution < 1.29 is 9.53 Å². The molecule has 2 aliphatic rings. The SMILES string of the molecule is CCC1OCCC1CNC(=O)C1Cc2ccccc2CN1. The molecule has 1 saturated heterocycles. The van der Waals surface area contributed by atoms with Crippen LogP contribution in [0.5, 0.6) is 0 Å². The highest BCUT2D eigenvalue weighted by Gasteiger charge is 2.29. The van der Waals surface area contributed by atoms with Crippen LogP contribution in [0.15, 0.2) is 24.3 Å². The molecule has 0 radical (unpaired) electrons. The van der Waals surface area contributed by atoms with Gasteiger partial charge < -0.3 is 15.4 Å². The maximum atomic E-state index is 12.3. The maximum Gasteiger partial charge on any atom is 0.237 e. The number of rotatable bonds is 4. The van der Waals surface area contributed by atoms with E-state index in [4.69, 9.17) is 4.74 Å². The Labute approximate surface area is 126 Å². The van der Waals surface area contributed by atoms with Crippen molar-refractivity contribution in [3.63, 3.8) is 0 Å². The lowest BCUT2D eigenvalue weighted by atomic mass is 9.95. The first-order chi connectivity index (χ1) is 10.3. The second-order valence-electron chi connectivity index (χ2n) is 6.02. The van der Waals surface area contributed by atoms with Crippen LogP contribution in [0.25, 0.3) is 0 Å². The number of fused-ring (bicyclic) bond motifs is 1. The summed E-state index contributed by atoms with van der Waals surface area (Å²) in [6.07, 6.45) is 3.17. The highest BCUT2D eigenvalue weighted by atomic mass is 16.5. The molecule has 2 aliphatic heterocycles. The number of benzene rings is 1. The Kier molecular flexibility index (Phi) is 4.56. The van der Waals surface area contributed by atoms with Gasteiger partial charge in [0.15, 0.2) is 0 Å². The van der Waals surface area contributed by atoms with Crippen molar-refractivity contribution in [1.82, 2.24) is 10.6 Å². The van der Waals surface area contributed by atoms with Crippen LogP contribution in [-0.4, -0.2) is 31.2 Å². The van der Waals surface area contributed by atoms with Gasteiger partial charge in [0.25, 0.3) is 0 Å². The van der Waals surface area contributed by atoms with Crippen LogP contribution in [-0.2, 0) is 22.5 Å². The summed E-state index contributed by atoms with van der Waals surface area (Å²) in [5.41, 5.74) is 2.59. The zero-order valence-corrected chi connectivity index (χ0v) is 12.6. The van der Waals surface area contributed by atoms with Gasteiger partial charge in [0.05, 0.1) is 12.1 Å². The van der Waals surface area contributed by atoms with Crippen LogP contribution in [0.1, 0.15) is 30.9 Å². The van der Waals surface area contributed by atoms with Crippen LogP contribution in [0.2, 0.25) is 0 Å². The summed E-state index contributed by atoms with van der Waals surface area (Å²) in [5.74, 6) is 0.584. The molecule has 1 aromatic rings. The number of amides is 1. The standard InChI is InChI=1S/C17H24N2O2/c1-2-16-14(7-8-21-16)11-19-17(20)15-9-12-5-3-4-6-13(12)10-18-15/h3-6,14-16,18H,2,7-11H2,1H3,(H,19,20). The summed E-state index contributed by atoms with van der Waals surface area (Å²) in [6.45, 7) is 4.48. The summed E-state index contributed by atoms with van der Waals surface area (Å²) >= 11 is 0. The second-order valence-corrected chi connectivity index (χ2v) is 6.02. The zero-order chi connectivity index (χ0) is 14.7. The summed E-state index contributed by atoms with van der Waals surface area (Å²) < 4.78 is 5.67. The molecular weight excluding hydrogens is 264 g/mol. The fourth-order valence-electron chi connectivity index (χ4n) is 3.37. The Morgan fingerprint density at radius 2 is 2.19 bits per heavy atom. The number of carbonyl (C=O) groups excluding carboxylic acids is 1. The zero-order valence-electron chi connectivity index (χ0n) is 12.6. The van der Waals surface area contributed by atoms with Crippen molar-refractivity contribution in [1.29, 1.82) is 0 Å². The quantitative estimate of drug-likeness (QED) is 0.885. The molecule has 3 rings (SSSR count). The molecule has 1 aromatic carbocycles. The summed E-state index contributed by atoms with van der Waals surface area (Å²) in [5, 5.41) is 6.44. The summed E-state index contributed by atoms with van der Waals surface area (Å²) in [6, 6.07) is 8.22. The first-order valence-electron chi connectivity index (χ1n) is 7.97. The maximum absolute atomic E-state index is 12.3. The molecular formula is C17H24N2O2. The number of ether oxygens (including phenoxy) is 1. The first-order valence-corrected chi connectivity index (χ1v) is 7.97. The Morgan fingerprint density at radius 3 is 3.00 bits per heavy atom. The Hall–Kier alpha value is -1.39. The minimum Gasteiger partial charge on any atom is -0.378 e. The van der Waals surface area contributed by atoms with Crippen molar-refractivity contribution in [2.75, 3.05) is 13.2 Å². The number of hydrogen-bond donors (Lipinski definition) is 2. The molecule has 2 heterocycles. The van der Waals surface area contributed by atoms with E-state index in [9.17, 15) is 4.79 Å². The average Bonchev–Trinajstić information content (AvgIpc) is 2.99. The third-order valence-corrected chi connectivity index (χ3v) is 4.69. The molecule has 0 spiro atoms. The van der Waals surface area contributed by atoms with Gasteiger partial charge in [-0.15, -0.1) is 0 Å². The Morgan fingerprint density at radius 1 is 1.38 bits per heavy atom. The van der Waals surface area contributed by atoms with Gasteiger partial charge in [0.1, 0.15) is 0 Å². The minimum atomic E-state index is -0.109. The largest absolute Gasteiger partial charge is 0.378 e. The van der Waals surface area contributed by atoms with Crippen LogP contribution >= 0.6 is 0 Å². The molecule has 1 fully saturated rings. The molecule has 3 unspecified atom stereocenters. The third kappa shape index (κ3) is 3.27. The molecule has 21 heavy (non-hydrogen) atoms. The molecule has 114 valence electrons. The van der Waals surface area contributed by atoms with Crippen molar-refractivity contribution >= 4 is 5.91 Å². The molecule has 0 bridgehead atoms. The number of hydrogen-bond acceptors (Lipinski definition) is 3. The topological polar surface area (TPSA) is 50.4 Å². The van der Waals surface area contributed by atoms with E-state index in [1.807, 2.05) is 12.1 Å². The van der Waals surface area contributed by atoms with Crippen molar-refractivity contribution in [2.45, 2.75) is 44.9 Å². The highest BCUT2D eigenvalue weighted by molar-refractivity contribution is 5.82. The summed E-state index contributed by atoms with van der Waals surface area (Å²) in [4.78, 5) is 12.3. The predicted octanol–water partition coefficient (Wildman–Crippen LogP) is 1.63. The van der Waals surface area contributed by atoms with Crippen molar-refractivity contribution in [3.05, 3.63) is 35.4 Å². The summed E-state index contributed by atoms with van der Waals surface area (Å²) in [7, 11) is 0. The molecule has 2 N–H and O–H groups in total. The van der Waals surface area contributed by atoms with E-state index >= 15 is 0 Å². The monoisotopic (exact) mass is 288 g/mol. The lowest BCUT2D eigenvalue weighted by molar-refractivity contribution is -0.123. The lowest BCUT2D eigenvalue weighted by Gasteiger charge is -2.26. The fourth-order valence-corrected chi connectivity index (χ4v) is 3.37. The number of nitrogens with one attached hydrogen (secondary N) is 2. The molecule has 0 aromatic heterocycles. The third-order valence-electron chi connectivity index (χ3n) is 4.69. The molecule has 1 amide bonds. The minimum absolute atomic E-state index is 0.109. The first kappa shape index (κ1) is 14.5. The van der Waals surface area contributed by atoms with Crippen LogP contribution in [0.4, 0.5) is 0 Å². The molecule has 3 atom stereocenters. The predicted molar refractivity (Wildman–Crippen MR) is 81.9 cm³/mol. The molecule has 0 saturated carbocycles. The van der Waals surface area contributed by atoms with E-state index in [2.05, 4.69) is 29.7 Å². The van der Waals surface area contributed by atoms with Crippen LogP contribution < -0.4 is 10.6 Å². The van der Waals surface area contributed by atoms with Crippen molar-refractivity contribution in [3.8, 4) is 0 Å². The van der Waals surface area contributed by atoms with Gasteiger partial charge in [-0.1, -0.05) is 31.2 Å². The fraction of sp³-hybridized carbons (Fsp3) is 0.588. The van der Waals surface area contributed by atoms with Gasteiger partial charge in [-0.3, -0.25) is 4.79 Å². The van der Waals surface area contributed by atoms with E-state index in [1.165, 1.54) is 11.1 Å². The second kappa shape index (κ2) is 6.58. The highest BCUT2D eigenvalue weighted by Crippen LogP contribution is 2.22. The van der Waals surface area contributed by atoms with E-state index < -0.39 is 0 Å². The van der Waals surface area contributed by atoms with Crippen molar-refractivity contribution in [2.24, 2.45) is 5.92 Å². The Balaban J connectivity index is 1.52. The van der Waals surface area contributed by atoms with Crippen LogP contribution in [0.3, 0.4) is 0 Å². The van der Waals surface area contributed by atoms with E-state index in [-0.39, 0.29) is 11.9 Å². The molecule has 4 heteroatoms. The van der Waals surface area contributed by atoms with Gasteiger partial charge in [-0.25, -0.2) is 0 Å². The Bertz CT molecular complexity index is 503. The van der Waals surface area contributed by atoms with Gasteiger partial charge in [0.2, 0.25) is 5.91 Å². The van der Waals surface area contributed by atoms with E-state index in [0.29, 0.717) is 12.0 Å². The lowest BCUT2D eigenvalue weighted by Crippen LogP contribution is -2.49. The average molecular weight is 288 g/mol. The van der Waals surface area contributed by atoms with Gasteiger partial charge in [0, 0.05) is 25.6 Å². The number of carbonyl (C=O) groups is 1. The van der Waals surface area contributed by atoms with Crippen LogP contribution in [0, 0.1) is 5.92 Å². The smallest absolute Gasteiger partial charge is 0.237 e. The van der Waals surface area contributed by atoms with E-state index in [0.717, 1.165) is 39.0 Å². The molecule has 0 aliphatic carbocycles. The van der Waals surface area contributed by atoms with Gasteiger partial charge >= 0.3 is 0 Å². The normalized spacial score (nSPS) is 28.1.